The average molecular weight is 338 g/mol. The molecule has 0 aliphatic carbocycles. The minimum absolute atomic E-state index is 0.0439. The molecular weight excluding hydrogens is 316 g/mol. The number of likely N-dealkylation sites (tertiary alicyclic amines) is 1. The molecule has 5 nitrogen and oxygen atoms in total. The lowest BCUT2D eigenvalue weighted by Crippen LogP contribution is -2.46. The van der Waals surface area contributed by atoms with Crippen LogP contribution in [-0.4, -0.2) is 40.0 Å². The third kappa shape index (κ3) is 4.24. The van der Waals surface area contributed by atoms with Crippen LogP contribution in [0.15, 0.2) is 48.7 Å². The van der Waals surface area contributed by atoms with Gasteiger partial charge in [-0.3, -0.25) is 14.6 Å². The Hall–Kier alpha value is -2.69. The SMILES string of the molecule is Cc1ccc(CC(=O)N2C[C@@H](C(=O)O)C[C@@H](c3ccccc3)C2)cn1. The van der Waals surface area contributed by atoms with Gasteiger partial charge in [0, 0.05) is 30.9 Å². The fraction of sp³-hybridized carbons (Fsp3) is 0.350. The van der Waals surface area contributed by atoms with Crippen LogP contribution in [0.2, 0.25) is 0 Å². The van der Waals surface area contributed by atoms with E-state index < -0.39 is 11.9 Å². The summed E-state index contributed by atoms with van der Waals surface area (Å²) >= 11 is 0. The van der Waals surface area contributed by atoms with E-state index in [1.54, 1.807) is 11.1 Å². The number of aromatic nitrogens is 1. The van der Waals surface area contributed by atoms with Crippen molar-refractivity contribution < 1.29 is 14.7 Å². The van der Waals surface area contributed by atoms with Gasteiger partial charge in [0.25, 0.3) is 0 Å². The van der Waals surface area contributed by atoms with Crippen LogP contribution in [0.4, 0.5) is 0 Å². The van der Waals surface area contributed by atoms with Crippen molar-refractivity contribution >= 4 is 11.9 Å². The molecule has 0 radical (unpaired) electrons. The number of carbonyl (C=O) groups excluding carboxylic acids is 1. The zero-order valence-corrected chi connectivity index (χ0v) is 14.3. The van der Waals surface area contributed by atoms with Crippen molar-refractivity contribution in [1.82, 2.24) is 9.88 Å². The van der Waals surface area contributed by atoms with Gasteiger partial charge in [-0.15, -0.1) is 0 Å². The van der Waals surface area contributed by atoms with Crippen LogP contribution < -0.4 is 0 Å². The highest BCUT2D eigenvalue weighted by Gasteiger charge is 2.34. The second-order valence-electron chi connectivity index (χ2n) is 6.66. The summed E-state index contributed by atoms with van der Waals surface area (Å²) in [7, 11) is 0. The molecule has 25 heavy (non-hydrogen) atoms. The van der Waals surface area contributed by atoms with Crippen molar-refractivity contribution in [2.75, 3.05) is 13.1 Å². The fourth-order valence-electron chi connectivity index (χ4n) is 3.34. The lowest BCUT2D eigenvalue weighted by atomic mass is 9.84. The van der Waals surface area contributed by atoms with Crippen LogP contribution in [-0.2, 0) is 16.0 Å². The Bertz CT molecular complexity index is 743. The van der Waals surface area contributed by atoms with E-state index in [4.69, 9.17) is 0 Å². The normalized spacial score (nSPS) is 20.3. The Balaban J connectivity index is 1.75. The van der Waals surface area contributed by atoms with Gasteiger partial charge in [0.05, 0.1) is 12.3 Å². The highest BCUT2D eigenvalue weighted by molar-refractivity contribution is 5.80. The Labute approximate surface area is 147 Å². The van der Waals surface area contributed by atoms with E-state index in [1.807, 2.05) is 49.4 Å². The molecule has 2 aromatic rings. The van der Waals surface area contributed by atoms with Gasteiger partial charge < -0.3 is 10.0 Å². The van der Waals surface area contributed by atoms with E-state index >= 15 is 0 Å². The van der Waals surface area contributed by atoms with Gasteiger partial charge >= 0.3 is 5.97 Å². The summed E-state index contributed by atoms with van der Waals surface area (Å²) in [5, 5.41) is 9.47. The maximum Gasteiger partial charge on any atom is 0.308 e. The lowest BCUT2D eigenvalue weighted by molar-refractivity contribution is -0.146. The molecule has 0 saturated carbocycles. The van der Waals surface area contributed by atoms with Crippen LogP contribution in [0.3, 0.4) is 0 Å². The molecule has 1 fully saturated rings. The van der Waals surface area contributed by atoms with Crippen molar-refractivity contribution in [2.24, 2.45) is 5.92 Å². The minimum atomic E-state index is -0.838. The van der Waals surface area contributed by atoms with Gasteiger partial charge in [0.15, 0.2) is 0 Å². The summed E-state index contributed by atoms with van der Waals surface area (Å²) in [6.07, 6.45) is 2.52. The van der Waals surface area contributed by atoms with Gasteiger partial charge in [0.1, 0.15) is 0 Å². The van der Waals surface area contributed by atoms with E-state index in [9.17, 15) is 14.7 Å². The maximum absolute atomic E-state index is 12.7. The second-order valence-corrected chi connectivity index (χ2v) is 6.66. The first kappa shape index (κ1) is 17.1. The molecule has 1 aromatic carbocycles. The quantitative estimate of drug-likeness (QED) is 0.930. The van der Waals surface area contributed by atoms with Gasteiger partial charge in [-0.05, 0) is 30.5 Å². The van der Waals surface area contributed by atoms with E-state index in [1.165, 1.54) is 0 Å². The van der Waals surface area contributed by atoms with E-state index in [2.05, 4.69) is 4.98 Å². The van der Waals surface area contributed by atoms with Crippen LogP contribution in [0.25, 0.3) is 0 Å². The predicted octanol–water partition coefficient (Wildman–Crippen LogP) is 2.65. The number of carboxylic acids is 1. The van der Waals surface area contributed by atoms with Crippen LogP contribution in [0.1, 0.15) is 29.2 Å². The Morgan fingerprint density at radius 1 is 1.16 bits per heavy atom. The van der Waals surface area contributed by atoms with Gasteiger partial charge in [-0.1, -0.05) is 36.4 Å². The predicted molar refractivity (Wildman–Crippen MR) is 94.2 cm³/mol. The number of nitrogens with zero attached hydrogens (tertiary/aromatic N) is 2. The van der Waals surface area contributed by atoms with Crippen molar-refractivity contribution in [3.8, 4) is 0 Å². The number of amides is 1. The van der Waals surface area contributed by atoms with Crippen molar-refractivity contribution in [1.29, 1.82) is 0 Å². The standard InChI is InChI=1S/C20H22N2O3/c1-14-7-8-15(11-21-14)9-19(23)22-12-17(10-18(13-22)20(24)25)16-5-3-2-4-6-16/h2-8,11,17-18H,9-10,12-13H2,1H3,(H,24,25)/t17-,18+/m1/s1. The van der Waals surface area contributed by atoms with Crippen molar-refractivity contribution in [2.45, 2.75) is 25.7 Å². The molecule has 130 valence electrons. The van der Waals surface area contributed by atoms with Crippen LogP contribution in [0, 0.1) is 12.8 Å². The summed E-state index contributed by atoms with van der Waals surface area (Å²) in [5.74, 6) is -1.36. The molecule has 1 aliphatic heterocycles. The fourth-order valence-corrected chi connectivity index (χ4v) is 3.34. The third-order valence-electron chi connectivity index (χ3n) is 4.75. The molecule has 1 aliphatic rings. The number of aliphatic carboxylic acids is 1. The van der Waals surface area contributed by atoms with Crippen LogP contribution >= 0.6 is 0 Å². The zero-order valence-electron chi connectivity index (χ0n) is 14.3. The lowest BCUT2D eigenvalue weighted by Gasteiger charge is -2.36. The number of carboxylic acid groups (broad SMARTS) is 1. The summed E-state index contributed by atoms with van der Waals surface area (Å²) in [5.41, 5.74) is 2.84. The molecular formula is C20H22N2O3. The highest BCUT2D eigenvalue weighted by atomic mass is 16.4. The van der Waals surface area contributed by atoms with Gasteiger partial charge in [-0.25, -0.2) is 0 Å². The highest BCUT2D eigenvalue weighted by Crippen LogP contribution is 2.30. The van der Waals surface area contributed by atoms with E-state index in [0.29, 0.717) is 13.0 Å². The van der Waals surface area contributed by atoms with Gasteiger partial charge in [0.2, 0.25) is 5.91 Å². The zero-order chi connectivity index (χ0) is 17.8. The molecule has 1 N–H and O–H groups in total. The molecule has 0 bridgehead atoms. The Morgan fingerprint density at radius 2 is 1.92 bits per heavy atom. The first-order valence-electron chi connectivity index (χ1n) is 8.50. The maximum atomic E-state index is 12.7. The van der Waals surface area contributed by atoms with E-state index in [-0.39, 0.29) is 24.8 Å². The number of piperidine rings is 1. The summed E-state index contributed by atoms with van der Waals surface area (Å²) < 4.78 is 0. The summed E-state index contributed by atoms with van der Waals surface area (Å²) in [6.45, 7) is 2.74. The summed E-state index contributed by atoms with van der Waals surface area (Å²) in [6, 6.07) is 13.6. The van der Waals surface area contributed by atoms with Crippen LogP contribution in [0.5, 0.6) is 0 Å². The number of carbonyl (C=O) groups is 2. The van der Waals surface area contributed by atoms with Gasteiger partial charge in [-0.2, -0.15) is 0 Å². The minimum Gasteiger partial charge on any atom is -0.481 e. The smallest absolute Gasteiger partial charge is 0.308 e. The Kier molecular flexibility index (Phi) is 5.12. The molecule has 2 heterocycles. The molecule has 0 spiro atoms. The number of hydrogen-bond acceptors (Lipinski definition) is 3. The number of benzene rings is 1. The third-order valence-corrected chi connectivity index (χ3v) is 4.75. The topological polar surface area (TPSA) is 70.5 Å². The first-order valence-corrected chi connectivity index (χ1v) is 8.50. The number of hydrogen-bond donors (Lipinski definition) is 1. The summed E-state index contributed by atoms with van der Waals surface area (Å²) in [4.78, 5) is 30.2. The largest absolute Gasteiger partial charge is 0.481 e. The van der Waals surface area contributed by atoms with E-state index in [0.717, 1.165) is 16.8 Å². The molecule has 1 aromatic heterocycles. The first-order chi connectivity index (χ1) is 12.0. The monoisotopic (exact) mass is 338 g/mol. The van der Waals surface area contributed by atoms with Crippen molar-refractivity contribution in [3.63, 3.8) is 0 Å². The number of rotatable bonds is 4. The molecule has 0 unspecified atom stereocenters. The molecule has 2 atom stereocenters. The van der Waals surface area contributed by atoms with Crippen molar-refractivity contribution in [3.05, 3.63) is 65.5 Å². The second kappa shape index (κ2) is 7.47. The molecule has 5 heteroatoms. The molecule has 1 saturated heterocycles. The number of aryl methyl sites for hydroxylation is 1. The number of pyridine rings is 1. The Morgan fingerprint density at radius 3 is 2.56 bits per heavy atom. The molecule has 1 amide bonds. The molecule has 3 rings (SSSR count). The average Bonchev–Trinajstić information content (AvgIpc) is 2.64.